The number of nitrogens with one attached hydrogen (secondary N) is 4. The lowest BCUT2D eigenvalue weighted by Crippen LogP contribution is -2.44. The van der Waals surface area contributed by atoms with Crippen molar-refractivity contribution < 1.29 is 37.4 Å². The van der Waals surface area contributed by atoms with Gasteiger partial charge < -0.3 is 15.4 Å². The van der Waals surface area contributed by atoms with Crippen LogP contribution in [0.1, 0.15) is 30.0 Å². The number of pyridine rings is 1. The third kappa shape index (κ3) is 7.35. The number of nitrogens with zero attached hydrogens (tertiary/aromatic N) is 4. The molecule has 0 aliphatic carbocycles. The summed E-state index contributed by atoms with van der Waals surface area (Å²) in [6.45, 7) is -0.462. The van der Waals surface area contributed by atoms with Crippen LogP contribution in [0.2, 0.25) is 0 Å². The van der Waals surface area contributed by atoms with Gasteiger partial charge in [0.05, 0.1) is 17.5 Å². The predicted molar refractivity (Wildman–Crippen MR) is 211 cm³/mol. The second kappa shape index (κ2) is 14.7. The van der Waals surface area contributed by atoms with Crippen LogP contribution in [0.5, 0.6) is 5.75 Å². The molecule has 2 aliphatic heterocycles. The first-order chi connectivity index (χ1) is 27.3. The molecule has 0 saturated carbocycles. The van der Waals surface area contributed by atoms with Gasteiger partial charge in [0.15, 0.2) is 5.82 Å². The first-order valence-electron chi connectivity index (χ1n) is 17.7. The van der Waals surface area contributed by atoms with Crippen molar-refractivity contribution in [2.45, 2.75) is 31.9 Å². The summed E-state index contributed by atoms with van der Waals surface area (Å²) < 4.78 is 49.1. The fourth-order valence-electron chi connectivity index (χ4n) is 6.96. The summed E-state index contributed by atoms with van der Waals surface area (Å²) in [6, 6.07) is 23.0. The third-order valence-electron chi connectivity index (χ3n) is 9.70. The molecular formula is C39H35FN8O8S. The van der Waals surface area contributed by atoms with Gasteiger partial charge in [0.25, 0.3) is 5.91 Å². The number of hydrogen-bond donors (Lipinski definition) is 6. The number of anilines is 4. The highest BCUT2D eigenvalue weighted by Crippen LogP contribution is 2.51. The predicted octanol–water partition coefficient (Wildman–Crippen LogP) is 5.03. The van der Waals surface area contributed by atoms with Crippen LogP contribution < -0.4 is 35.4 Å². The Morgan fingerprint density at radius 1 is 0.947 bits per heavy atom. The molecule has 4 amide bonds. The molecule has 0 spiro atoms. The van der Waals surface area contributed by atoms with Crippen molar-refractivity contribution in [3.8, 4) is 5.75 Å². The zero-order valence-electron chi connectivity index (χ0n) is 30.2. The molecular weight excluding hydrogens is 760 g/mol. The van der Waals surface area contributed by atoms with Gasteiger partial charge in [-0.05, 0) is 82.4 Å². The van der Waals surface area contributed by atoms with Gasteiger partial charge in [-0.1, -0.05) is 36.4 Å². The van der Waals surface area contributed by atoms with E-state index in [1.807, 2.05) is 30.3 Å². The number of piperidine rings is 1. The lowest BCUT2D eigenvalue weighted by atomic mass is 10.1. The van der Waals surface area contributed by atoms with Crippen molar-refractivity contribution in [1.82, 2.24) is 24.2 Å². The molecule has 57 heavy (non-hydrogen) atoms. The highest BCUT2D eigenvalue weighted by molar-refractivity contribution is 8.24. The van der Waals surface area contributed by atoms with Crippen LogP contribution in [-0.2, 0) is 39.3 Å². The zero-order valence-corrected chi connectivity index (χ0v) is 31.0. The van der Waals surface area contributed by atoms with Gasteiger partial charge in [0, 0.05) is 36.4 Å². The van der Waals surface area contributed by atoms with Gasteiger partial charge in [-0.15, -0.1) is 0 Å². The van der Waals surface area contributed by atoms with Crippen LogP contribution in [-0.4, -0.2) is 53.4 Å². The molecule has 18 heteroatoms. The van der Waals surface area contributed by atoms with Gasteiger partial charge in [0.1, 0.15) is 36.4 Å². The highest BCUT2D eigenvalue weighted by atomic mass is 32.3. The Morgan fingerprint density at radius 2 is 1.74 bits per heavy atom. The summed E-state index contributed by atoms with van der Waals surface area (Å²) in [6.07, 6.45) is 1.89. The number of carbonyl (C=O) groups excluding carboxylic acids is 4. The lowest BCUT2D eigenvalue weighted by molar-refractivity contribution is -0.135. The van der Waals surface area contributed by atoms with Crippen LogP contribution in [0.15, 0.2) is 95.9 Å². The van der Waals surface area contributed by atoms with E-state index in [4.69, 9.17) is 4.74 Å². The molecule has 6 N–H and O–H groups in total. The summed E-state index contributed by atoms with van der Waals surface area (Å²) in [5.74, 6) is -2.31. The standard InChI is InChI=1S/C39H35FN8O8S/c1-46-30-18-26(9-11-28(30)48(39(46)53)29-12-14-33(49)44-38(29)52)42-32-13-7-23(19-41-32)15-34(50)43-25-8-10-27-24(16-25)17-31(56-21-22-5-3-2-4-6-22)37(36(27)40)47-20-35(51)45-57(47,54)55/h2-11,13,16-19,29,54-55H,12,14-15,20-21H2,1H3,(H,41,42)(H,43,50)(H,45,51)(H,44,49,52). The van der Waals surface area contributed by atoms with E-state index in [0.717, 1.165) is 9.87 Å². The summed E-state index contributed by atoms with van der Waals surface area (Å²) in [5, 5.41) is 8.77. The number of imide groups is 1. The average Bonchev–Trinajstić information content (AvgIpc) is 3.59. The summed E-state index contributed by atoms with van der Waals surface area (Å²) >= 11 is 0. The molecule has 2 fully saturated rings. The largest absolute Gasteiger partial charge is 0.487 e. The Kier molecular flexibility index (Phi) is 9.60. The Bertz CT molecular complexity index is 2670. The molecule has 1 atom stereocenters. The monoisotopic (exact) mass is 794 g/mol. The number of aryl methyl sites for hydroxylation is 1. The van der Waals surface area contributed by atoms with E-state index < -0.39 is 41.2 Å². The summed E-state index contributed by atoms with van der Waals surface area (Å²) in [7, 11) is -2.25. The maximum atomic E-state index is 16.2. The van der Waals surface area contributed by atoms with Crippen LogP contribution >= 0.6 is 11.0 Å². The number of ether oxygens (including phenoxy) is 1. The molecule has 16 nitrogen and oxygen atoms in total. The Labute approximate surface area is 324 Å². The van der Waals surface area contributed by atoms with Crippen molar-refractivity contribution in [2.75, 3.05) is 21.5 Å². The number of benzene rings is 4. The van der Waals surface area contributed by atoms with E-state index in [-0.39, 0.29) is 60.2 Å². The van der Waals surface area contributed by atoms with E-state index >= 15 is 4.39 Å². The molecule has 1 unspecified atom stereocenters. The second-order valence-electron chi connectivity index (χ2n) is 13.6. The normalized spacial score (nSPS) is 17.0. The molecule has 6 aromatic rings. The Balaban J connectivity index is 0.966. The van der Waals surface area contributed by atoms with E-state index in [0.29, 0.717) is 39.2 Å². The number of amides is 4. The topological polar surface area (TPSA) is 209 Å². The number of fused-ring (bicyclic) bond motifs is 2. The molecule has 2 aromatic heterocycles. The fourth-order valence-corrected chi connectivity index (χ4v) is 8.16. The molecule has 292 valence electrons. The third-order valence-corrected chi connectivity index (χ3v) is 11.1. The summed E-state index contributed by atoms with van der Waals surface area (Å²) in [5.41, 5.74) is 2.85. The first kappa shape index (κ1) is 37.2. The molecule has 0 bridgehead atoms. The number of rotatable bonds is 10. The molecule has 8 rings (SSSR count). The Hall–Kier alpha value is -6.76. The van der Waals surface area contributed by atoms with E-state index in [2.05, 4.69) is 25.7 Å². The molecule has 2 saturated heterocycles. The minimum Gasteiger partial charge on any atom is -0.487 e. The van der Waals surface area contributed by atoms with Gasteiger partial charge >= 0.3 is 5.69 Å². The van der Waals surface area contributed by atoms with Gasteiger partial charge in [-0.3, -0.25) is 42.7 Å². The number of aromatic nitrogens is 3. The lowest BCUT2D eigenvalue weighted by Gasteiger charge is -2.37. The molecule has 4 heterocycles. The highest BCUT2D eigenvalue weighted by Gasteiger charge is 2.39. The quantitative estimate of drug-likeness (QED) is 0.101. The Morgan fingerprint density at radius 3 is 2.46 bits per heavy atom. The number of carbonyl (C=O) groups is 4. The van der Waals surface area contributed by atoms with Crippen LogP contribution in [0.4, 0.5) is 27.3 Å². The van der Waals surface area contributed by atoms with Crippen molar-refractivity contribution in [1.29, 1.82) is 0 Å². The minimum atomic E-state index is -3.86. The molecule has 2 aliphatic rings. The average molecular weight is 795 g/mol. The van der Waals surface area contributed by atoms with Crippen molar-refractivity contribution in [3.63, 3.8) is 0 Å². The molecule has 4 aromatic carbocycles. The van der Waals surface area contributed by atoms with Gasteiger partial charge in [-0.25, -0.2) is 23.2 Å². The zero-order chi connectivity index (χ0) is 40.0. The smallest absolute Gasteiger partial charge is 0.329 e. The van der Waals surface area contributed by atoms with Crippen molar-refractivity contribution in [3.05, 3.63) is 119 Å². The summed E-state index contributed by atoms with van der Waals surface area (Å²) in [4.78, 5) is 67.0. The SMILES string of the molecule is Cn1c(=O)n(C2CCC(=O)NC2=O)c2ccc(Nc3ccc(CC(=O)Nc4ccc5c(F)c(N6CC(=O)NS6(O)O)c(OCc6ccccc6)cc5c4)cn3)cc21. The van der Waals surface area contributed by atoms with Crippen LogP contribution in [0.3, 0.4) is 0 Å². The van der Waals surface area contributed by atoms with Crippen molar-refractivity contribution in [2.24, 2.45) is 7.05 Å². The fraction of sp³-hybridized carbons (Fsp3) is 0.179. The van der Waals surface area contributed by atoms with E-state index in [9.17, 15) is 33.1 Å². The second-order valence-corrected chi connectivity index (χ2v) is 15.3. The number of imidazole rings is 1. The molecule has 0 radical (unpaired) electrons. The van der Waals surface area contributed by atoms with Crippen molar-refractivity contribution >= 4 is 79.3 Å². The van der Waals surface area contributed by atoms with E-state index in [1.54, 1.807) is 49.6 Å². The number of hydrogen-bond acceptors (Lipinski definition) is 11. The van der Waals surface area contributed by atoms with Crippen LogP contribution in [0.25, 0.3) is 21.8 Å². The van der Waals surface area contributed by atoms with Gasteiger partial charge in [-0.2, -0.15) is 0 Å². The first-order valence-corrected chi connectivity index (χ1v) is 19.2. The maximum Gasteiger partial charge on any atom is 0.329 e. The van der Waals surface area contributed by atoms with Crippen LogP contribution in [0, 0.1) is 5.82 Å². The van der Waals surface area contributed by atoms with E-state index in [1.165, 1.54) is 27.3 Å². The minimum absolute atomic E-state index is 0.0279. The number of halogens is 1. The van der Waals surface area contributed by atoms with Gasteiger partial charge in [0.2, 0.25) is 17.7 Å². The maximum absolute atomic E-state index is 16.2.